The lowest BCUT2D eigenvalue weighted by Gasteiger charge is -2.44. The van der Waals surface area contributed by atoms with Crippen molar-refractivity contribution in [1.29, 1.82) is 0 Å². The van der Waals surface area contributed by atoms with Gasteiger partial charge in [0, 0.05) is 31.0 Å². The molecule has 2 aromatic rings. The van der Waals surface area contributed by atoms with Crippen molar-refractivity contribution in [3.63, 3.8) is 0 Å². The first kappa shape index (κ1) is 18.7. The van der Waals surface area contributed by atoms with Gasteiger partial charge >= 0.3 is 0 Å². The lowest BCUT2D eigenvalue weighted by molar-refractivity contribution is -0.135. The summed E-state index contributed by atoms with van der Waals surface area (Å²) in [7, 11) is 0. The quantitative estimate of drug-likeness (QED) is 0.800. The molecular weight excluding hydrogens is 360 g/mol. The second-order valence-corrected chi connectivity index (χ2v) is 9.15. The Morgan fingerprint density at radius 3 is 2.76 bits per heavy atom. The summed E-state index contributed by atoms with van der Waals surface area (Å²) in [5.41, 5.74) is 8.00. The Hall–Kier alpha value is -2.30. The van der Waals surface area contributed by atoms with Gasteiger partial charge in [0.2, 0.25) is 5.91 Å². The molecule has 5 rings (SSSR count). The molecule has 2 aliphatic carbocycles. The van der Waals surface area contributed by atoms with E-state index in [1.54, 1.807) is 0 Å². The highest BCUT2D eigenvalue weighted by Gasteiger charge is 2.53. The topological polar surface area (TPSA) is 41.4 Å². The number of benzene rings is 1. The normalized spacial score (nSPS) is 19.7. The molecule has 1 saturated carbocycles. The van der Waals surface area contributed by atoms with Gasteiger partial charge in [0.1, 0.15) is 6.54 Å². The Balaban J connectivity index is 1.33. The molecule has 1 spiro atoms. The molecule has 0 atom stereocenters. The summed E-state index contributed by atoms with van der Waals surface area (Å²) in [6, 6.07) is 6.56. The van der Waals surface area contributed by atoms with Gasteiger partial charge in [-0.05, 0) is 75.1 Å². The van der Waals surface area contributed by atoms with Crippen LogP contribution in [0.25, 0.3) is 0 Å². The summed E-state index contributed by atoms with van der Waals surface area (Å²) in [6.45, 7) is 9.66. The highest BCUT2D eigenvalue weighted by Crippen LogP contribution is 2.45. The second kappa shape index (κ2) is 6.89. The van der Waals surface area contributed by atoms with Crippen LogP contribution >= 0.6 is 0 Å². The molecule has 3 aliphatic rings. The molecule has 0 bridgehead atoms. The zero-order valence-electron chi connectivity index (χ0n) is 18.0. The molecule has 0 radical (unpaired) electrons. The fourth-order valence-electron chi connectivity index (χ4n) is 5.44. The van der Waals surface area contributed by atoms with Crippen LogP contribution in [0.4, 0.5) is 5.69 Å². The SMILES string of the molecule is CCc1nn(CC(=O)N2CCN(c3cccc(C)c3C)CC23CC3)c2c1CCC2. The largest absolute Gasteiger partial charge is 0.367 e. The van der Waals surface area contributed by atoms with Crippen LogP contribution in [0.1, 0.15) is 54.3 Å². The number of carbonyl (C=O) groups is 1. The number of nitrogens with zero attached hydrogens (tertiary/aromatic N) is 4. The summed E-state index contributed by atoms with van der Waals surface area (Å²) >= 11 is 0. The standard InChI is InChI=1S/C24H32N4O/c1-4-20-19-8-6-10-22(19)28(25-20)15-23(29)27-14-13-26(16-24(27)11-12-24)21-9-5-7-17(2)18(21)3/h5,7,9H,4,6,8,10-16H2,1-3H3. The lowest BCUT2D eigenvalue weighted by Crippen LogP contribution is -2.58. The number of aromatic nitrogens is 2. The van der Waals surface area contributed by atoms with Crippen molar-refractivity contribution in [3.8, 4) is 0 Å². The Bertz CT molecular complexity index is 956. The number of rotatable bonds is 4. The highest BCUT2D eigenvalue weighted by atomic mass is 16.2. The molecule has 2 heterocycles. The number of fused-ring (bicyclic) bond motifs is 1. The first-order valence-corrected chi connectivity index (χ1v) is 11.2. The molecule has 1 aromatic heterocycles. The van der Waals surface area contributed by atoms with E-state index in [1.807, 2.05) is 4.68 Å². The molecule has 5 heteroatoms. The summed E-state index contributed by atoms with van der Waals surface area (Å²) in [5.74, 6) is 0.253. The van der Waals surface area contributed by atoms with Crippen LogP contribution in [0.2, 0.25) is 0 Å². The van der Waals surface area contributed by atoms with E-state index >= 15 is 0 Å². The molecule has 29 heavy (non-hydrogen) atoms. The Kier molecular flexibility index (Phi) is 4.45. The molecule has 1 saturated heterocycles. The lowest BCUT2D eigenvalue weighted by atomic mass is 10.0. The van der Waals surface area contributed by atoms with Gasteiger partial charge in [0.05, 0.1) is 11.2 Å². The van der Waals surface area contributed by atoms with Crippen LogP contribution < -0.4 is 4.90 Å². The van der Waals surface area contributed by atoms with Crippen LogP contribution in [-0.2, 0) is 30.6 Å². The number of hydrogen-bond donors (Lipinski definition) is 0. The average molecular weight is 393 g/mol. The average Bonchev–Trinajstić information content (AvgIpc) is 3.15. The van der Waals surface area contributed by atoms with Crippen molar-refractivity contribution < 1.29 is 4.79 Å². The van der Waals surface area contributed by atoms with Crippen LogP contribution in [0.5, 0.6) is 0 Å². The monoisotopic (exact) mass is 392 g/mol. The maximum absolute atomic E-state index is 13.3. The molecule has 5 nitrogen and oxygen atoms in total. The molecule has 1 amide bonds. The third-order valence-electron chi connectivity index (χ3n) is 7.41. The number of anilines is 1. The summed E-state index contributed by atoms with van der Waals surface area (Å²) in [4.78, 5) is 18.0. The number of carbonyl (C=O) groups excluding carboxylic acids is 1. The van der Waals surface area contributed by atoms with E-state index < -0.39 is 0 Å². The number of piperazine rings is 1. The zero-order chi connectivity index (χ0) is 20.2. The van der Waals surface area contributed by atoms with Crippen LogP contribution in [-0.4, -0.2) is 45.8 Å². The van der Waals surface area contributed by atoms with Crippen molar-refractivity contribution in [3.05, 3.63) is 46.3 Å². The summed E-state index contributed by atoms with van der Waals surface area (Å²) < 4.78 is 2.02. The third-order valence-corrected chi connectivity index (χ3v) is 7.41. The Morgan fingerprint density at radius 2 is 2.00 bits per heavy atom. The van der Waals surface area contributed by atoms with E-state index in [9.17, 15) is 4.79 Å². The first-order valence-electron chi connectivity index (χ1n) is 11.2. The number of hydrogen-bond acceptors (Lipinski definition) is 3. The van der Waals surface area contributed by atoms with E-state index in [0.717, 1.165) is 51.7 Å². The maximum atomic E-state index is 13.3. The minimum atomic E-state index is 0.0371. The van der Waals surface area contributed by atoms with Crippen LogP contribution in [0.3, 0.4) is 0 Å². The predicted molar refractivity (Wildman–Crippen MR) is 115 cm³/mol. The van der Waals surface area contributed by atoms with Crippen molar-refractivity contribution in [2.45, 2.75) is 71.4 Å². The maximum Gasteiger partial charge on any atom is 0.244 e. The Labute approximate surface area is 173 Å². The van der Waals surface area contributed by atoms with E-state index in [-0.39, 0.29) is 11.4 Å². The summed E-state index contributed by atoms with van der Waals surface area (Å²) in [6.07, 6.45) is 6.61. The molecule has 1 aromatic carbocycles. The van der Waals surface area contributed by atoms with Gasteiger partial charge in [0.25, 0.3) is 0 Å². The minimum absolute atomic E-state index is 0.0371. The van der Waals surface area contributed by atoms with Crippen LogP contribution in [0, 0.1) is 13.8 Å². The fraction of sp³-hybridized carbons (Fsp3) is 0.583. The third kappa shape index (κ3) is 3.06. The van der Waals surface area contributed by atoms with Crippen molar-refractivity contribution in [1.82, 2.24) is 14.7 Å². The minimum Gasteiger partial charge on any atom is -0.367 e. The second-order valence-electron chi connectivity index (χ2n) is 9.15. The van der Waals surface area contributed by atoms with Crippen LogP contribution in [0.15, 0.2) is 18.2 Å². The van der Waals surface area contributed by atoms with Gasteiger partial charge in [0.15, 0.2) is 0 Å². The van der Waals surface area contributed by atoms with Gasteiger partial charge in [-0.1, -0.05) is 19.1 Å². The molecule has 1 aliphatic heterocycles. The van der Waals surface area contributed by atoms with E-state index in [4.69, 9.17) is 5.10 Å². The molecule has 2 fully saturated rings. The van der Waals surface area contributed by atoms with Crippen molar-refractivity contribution >= 4 is 11.6 Å². The predicted octanol–water partition coefficient (Wildman–Crippen LogP) is 3.43. The van der Waals surface area contributed by atoms with Gasteiger partial charge in [-0.25, -0.2) is 0 Å². The van der Waals surface area contributed by atoms with E-state index in [2.05, 4.69) is 48.8 Å². The smallest absolute Gasteiger partial charge is 0.244 e. The number of aryl methyl sites for hydroxylation is 2. The molecular formula is C24H32N4O. The first-order chi connectivity index (χ1) is 14.0. The van der Waals surface area contributed by atoms with Crippen molar-refractivity contribution in [2.75, 3.05) is 24.5 Å². The van der Waals surface area contributed by atoms with Gasteiger partial charge < -0.3 is 9.80 Å². The highest BCUT2D eigenvalue weighted by molar-refractivity contribution is 5.78. The Morgan fingerprint density at radius 1 is 1.17 bits per heavy atom. The van der Waals surface area contributed by atoms with Gasteiger partial charge in [-0.3, -0.25) is 9.48 Å². The summed E-state index contributed by atoms with van der Waals surface area (Å²) in [5, 5.41) is 4.80. The molecule has 154 valence electrons. The molecule has 0 unspecified atom stereocenters. The zero-order valence-corrected chi connectivity index (χ0v) is 18.0. The van der Waals surface area contributed by atoms with Gasteiger partial charge in [-0.15, -0.1) is 0 Å². The van der Waals surface area contributed by atoms with Gasteiger partial charge in [-0.2, -0.15) is 5.10 Å². The van der Waals surface area contributed by atoms with E-state index in [0.29, 0.717) is 6.54 Å². The van der Waals surface area contributed by atoms with Crippen molar-refractivity contribution in [2.24, 2.45) is 0 Å². The number of amides is 1. The fourth-order valence-corrected chi connectivity index (χ4v) is 5.44. The van der Waals surface area contributed by atoms with E-state index in [1.165, 1.54) is 40.2 Å². The molecule has 0 N–H and O–H groups in total.